The molecule has 5 heteroatoms. The highest BCUT2D eigenvalue weighted by molar-refractivity contribution is 5.94. The van der Waals surface area contributed by atoms with Crippen LogP contribution in [-0.2, 0) is 0 Å². The summed E-state index contributed by atoms with van der Waals surface area (Å²) in [4.78, 5) is 12.3. The zero-order chi connectivity index (χ0) is 14.7. The number of hydrogen-bond acceptors (Lipinski definition) is 3. The molecule has 0 aliphatic carbocycles. The van der Waals surface area contributed by atoms with Crippen LogP contribution in [0.2, 0.25) is 0 Å². The molecule has 2 unspecified atom stereocenters. The molecule has 0 spiro atoms. The van der Waals surface area contributed by atoms with Crippen LogP contribution >= 0.6 is 0 Å². The summed E-state index contributed by atoms with van der Waals surface area (Å²) >= 11 is 0. The predicted octanol–water partition coefficient (Wildman–Crippen LogP) is 1.74. The first-order valence-electron chi connectivity index (χ1n) is 7.37. The van der Waals surface area contributed by atoms with E-state index in [-0.39, 0.29) is 11.9 Å². The van der Waals surface area contributed by atoms with E-state index in [0.29, 0.717) is 11.6 Å². The molecule has 5 nitrogen and oxygen atoms in total. The number of nitrogens with one attached hydrogen (secondary N) is 2. The fraction of sp³-hybridized carbons (Fsp3) is 0.375. The zero-order valence-corrected chi connectivity index (χ0v) is 12.1. The van der Waals surface area contributed by atoms with E-state index in [9.17, 15) is 4.79 Å². The quantitative estimate of drug-likeness (QED) is 0.902. The molecule has 0 bridgehead atoms. The average molecular weight is 284 g/mol. The summed E-state index contributed by atoms with van der Waals surface area (Å²) in [5.74, 6) is -0.0451. The fourth-order valence-corrected chi connectivity index (χ4v) is 2.69. The van der Waals surface area contributed by atoms with Crippen LogP contribution in [0.4, 0.5) is 0 Å². The number of carbonyl (C=O) groups is 1. The van der Waals surface area contributed by atoms with Gasteiger partial charge < -0.3 is 10.6 Å². The average Bonchev–Trinajstić information content (AvgIpc) is 2.98. The lowest BCUT2D eigenvalue weighted by atomic mass is 10.0. The molecular formula is C16H20N4O. The minimum atomic E-state index is -0.0451. The SMILES string of the molecule is CC1CC(NC(=O)c2cnn(-c3ccccc3)c2)CCN1. The van der Waals surface area contributed by atoms with Gasteiger partial charge in [0.15, 0.2) is 0 Å². The molecular weight excluding hydrogens is 264 g/mol. The Morgan fingerprint density at radius 2 is 2.19 bits per heavy atom. The van der Waals surface area contributed by atoms with E-state index in [1.807, 2.05) is 30.3 Å². The normalized spacial score (nSPS) is 22.0. The lowest BCUT2D eigenvalue weighted by Crippen LogP contribution is -2.46. The maximum atomic E-state index is 12.3. The first kappa shape index (κ1) is 13.8. The van der Waals surface area contributed by atoms with Gasteiger partial charge >= 0.3 is 0 Å². The summed E-state index contributed by atoms with van der Waals surface area (Å²) < 4.78 is 1.72. The number of benzene rings is 1. The first-order valence-corrected chi connectivity index (χ1v) is 7.37. The van der Waals surface area contributed by atoms with Gasteiger partial charge in [-0.2, -0.15) is 5.10 Å². The molecule has 21 heavy (non-hydrogen) atoms. The van der Waals surface area contributed by atoms with Crippen molar-refractivity contribution >= 4 is 5.91 Å². The minimum Gasteiger partial charge on any atom is -0.349 e. The molecule has 1 fully saturated rings. The maximum absolute atomic E-state index is 12.3. The van der Waals surface area contributed by atoms with E-state index in [2.05, 4.69) is 22.7 Å². The molecule has 2 aromatic rings. The number of hydrogen-bond donors (Lipinski definition) is 2. The highest BCUT2D eigenvalue weighted by Crippen LogP contribution is 2.11. The van der Waals surface area contributed by atoms with Crippen LogP contribution in [0.3, 0.4) is 0 Å². The minimum absolute atomic E-state index is 0.0451. The van der Waals surface area contributed by atoms with Crippen LogP contribution in [0.25, 0.3) is 5.69 Å². The van der Waals surface area contributed by atoms with E-state index in [1.165, 1.54) is 0 Å². The Morgan fingerprint density at radius 3 is 2.95 bits per heavy atom. The van der Waals surface area contributed by atoms with Crippen LogP contribution in [0, 0.1) is 0 Å². The predicted molar refractivity (Wildman–Crippen MR) is 81.5 cm³/mol. The Hall–Kier alpha value is -2.14. The Balaban J connectivity index is 1.67. The standard InChI is InChI=1S/C16H20N4O/c1-12-9-14(7-8-17-12)19-16(21)13-10-18-20(11-13)15-5-3-2-4-6-15/h2-6,10-12,14,17H,7-9H2,1H3,(H,19,21). The largest absolute Gasteiger partial charge is 0.349 e. The molecule has 2 N–H and O–H groups in total. The molecule has 2 atom stereocenters. The molecule has 1 amide bonds. The molecule has 2 heterocycles. The highest BCUT2D eigenvalue weighted by atomic mass is 16.1. The van der Waals surface area contributed by atoms with Gasteiger partial charge in [-0.15, -0.1) is 0 Å². The number of para-hydroxylation sites is 1. The van der Waals surface area contributed by atoms with E-state index in [4.69, 9.17) is 0 Å². The van der Waals surface area contributed by atoms with Gasteiger partial charge in [0, 0.05) is 18.3 Å². The Labute approximate surface area is 124 Å². The topological polar surface area (TPSA) is 59.0 Å². The summed E-state index contributed by atoms with van der Waals surface area (Å²) in [7, 11) is 0. The third-order valence-corrected chi connectivity index (χ3v) is 3.82. The van der Waals surface area contributed by atoms with Gasteiger partial charge in [-0.1, -0.05) is 18.2 Å². The number of aromatic nitrogens is 2. The molecule has 1 saturated heterocycles. The van der Waals surface area contributed by atoms with Crippen molar-refractivity contribution in [1.82, 2.24) is 20.4 Å². The van der Waals surface area contributed by atoms with Crippen LogP contribution in [0.15, 0.2) is 42.7 Å². The second kappa shape index (κ2) is 6.10. The van der Waals surface area contributed by atoms with Crippen molar-refractivity contribution in [2.75, 3.05) is 6.54 Å². The van der Waals surface area contributed by atoms with Gasteiger partial charge in [-0.3, -0.25) is 4.79 Å². The van der Waals surface area contributed by atoms with Crippen LogP contribution in [-0.4, -0.2) is 34.3 Å². The molecule has 1 aromatic heterocycles. The fourth-order valence-electron chi connectivity index (χ4n) is 2.69. The summed E-state index contributed by atoms with van der Waals surface area (Å²) in [6.07, 6.45) is 5.34. The Morgan fingerprint density at radius 1 is 1.38 bits per heavy atom. The van der Waals surface area contributed by atoms with E-state index < -0.39 is 0 Å². The number of piperidine rings is 1. The zero-order valence-electron chi connectivity index (χ0n) is 12.1. The number of rotatable bonds is 3. The van der Waals surface area contributed by atoms with Crippen molar-refractivity contribution in [3.05, 3.63) is 48.3 Å². The van der Waals surface area contributed by atoms with E-state index >= 15 is 0 Å². The Kier molecular flexibility index (Phi) is 4.01. The van der Waals surface area contributed by atoms with Gasteiger partial charge in [-0.05, 0) is 38.4 Å². The third-order valence-electron chi connectivity index (χ3n) is 3.82. The van der Waals surface area contributed by atoms with E-state index in [1.54, 1.807) is 17.1 Å². The smallest absolute Gasteiger partial charge is 0.254 e. The molecule has 0 radical (unpaired) electrons. The van der Waals surface area contributed by atoms with Crippen molar-refractivity contribution in [1.29, 1.82) is 0 Å². The van der Waals surface area contributed by atoms with Gasteiger partial charge in [0.25, 0.3) is 5.91 Å². The summed E-state index contributed by atoms with van der Waals surface area (Å²) in [6.45, 7) is 3.10. The summed E-state index contributed by atoms with van der Waals surface area (Å²) in [5, 5.41) is 10.7. The number of carbonyl (C=O) groups excluding carboxylic acids is 1. The van der Waals surface area contributed by atoms with Crippen molar-refractivity contribution in [2.24, 2.45) is 0 Å². The molecule has 1 aliphatic heterocycles. The summed E-state index contributed by atoms with van der Waals surface area (Å²) in [5.41, 5.74) is 1.55. The Bertz CT molecular complexity index is 608. The van der Waals surface area contributed by atoms with Crippen LogP contribution in [0.5, 0.6) is 0 Å². The van der Waals surface area contributed by atoms with Gasteiger partial charge in [0.2, 0.25) is 0 Å². The van der Waals surface area contributed by atoms with Crippen molar-refractivity contribution in [3.63, 3.8) is 0 Å². The molecule has 110 valence electrons. The van der Waals surface area contributed by atoms with Crippen LogP contribution < -0.4 is 10.6 Å². The molecule has 0 saturated carbocycles. The first-order chi connectivity index (χ1) is 10.2. The lowest BCUT2D eigenvalue weighted by Gasteiger charge is -2.28. The number of nitrogens with zero attached hydrogens (tertiary/aromatic N) is 2. The lowest BCUT2D eigenvalue weighted by molar-refractivity contribution is 0.0925. The summed E-state index contributed by atoms with van der Waals surface area (Å²) in [6, 6.07) is 10.5. The third kappa shape index (κ3) is 3.31. The van der Waals surface area contributed by atoms with Crippen molar-refractivity contribution < 1.29 is 4.79 Å². The second-order valence-corrected chi connectivity index (χ2v) is 5.56. The monoisotopic (exact) mass is 284 g/mol. The molecule has 3 rings (SSSR count). The van der Waals surface area contributed by atoms with Crippen molar-refractivity contribution in [3.8, 4) is 5.69 Å². The van der Waals surface area contributed by atoms with Crippen molar-refractivity contribution in [2.45, 2.75) is 31.8 Å². The van der Waals surface area contributed by atoms with Gasteiger partial charge in [0.05, 0.1) is 17.4 Å². The maximum Gasteiger partial charge on any atom is 0.254 e. The van der Waals surface area contributed by atoms with Gasteiger partial charge in [-0.25, -0.2) is 4.68 Å². The molecule has 1 aliphatic rings. The van der Waals surface area contributed by atoms with Crippen LogP contribution in [0.1, 0.15) is 30.1 Å². The molecule has 1 aromatic carbocycles. The second-order valence-electron chi connectivity index (χ2n) is 5.56. The van der Waals surface area contributed by atoms with E-state index in [0.717, 1.165) is 25.1 Å². The number of amides is 1. The van der Waals surface area contributed by atoms with Gasteiger partial charge in [0.1, 0.15) is 0 Å². The highest BCUT2D eigenvalue weighted by Gasteiger charge is 2.21.